The highest BCUT2D eigenvalue weighted by Gasteiger charge is 2.25. The molecule has 0 saturated carbocycles. The number of rotatable bonds is 7. The first-order chi connectivity index (χ1) is 16.9. The van der Waals surface area contributed by atoms with Gasteiger partial charge < -0.3 is 20.9 Å². The summed E-state index contributed by atoms with van der Waals surface area (Å²) < 4.78 is 1.20. The number of hydrogen-bond acceptors (Lipinski definition) is 5. The summed E-state index contributed by atoms with van der Waals surface area (Å²) in [5.74, 6) is -0.162. The van der Waals surface area contributed by atoms with E-state index < -0.39 is 6.03 Å². The van der Waals surface area contributed by atoms with Crippen LogP contribution in [0.15, 0.2) is 72.8 Å². The fourth-order valence-corrected chi connectivity index (χ4v) is 4.57. The molecule has 0 aromatic heterocycles. The van der Waals surface area contributed by atoms with Gasteiger partial charge in [0, 0.05) is 37.4 Å². The van der Waals surface area contributed by atoms with E-state index in [0.29, 0.717) is 28.1 Å². The number of nitrogens with one attached hydrogen (secondary N) is 3. The van der Waals surface area contributed by atoms with Crippen molar-refractivity contribution in [2.75, 3.05) is 32.9 Å². The topological polar surface area (TPSA) is 76.7 Å². The van der Waals surface area contributed by atoms with Crippen molar-refractivity contribution in [1.29, 1.82) is 0 Å². The average Bonchev–Trinajstić information content (AvgIpc) is 3.38. The van der Waals surface area contributed by atoms with Gasteiger partial charge in [0.25, 0.3) is 0 Å². The molecule has 35 heavy (non-hydrogen) atoms. The van der Waals surface area contributed by atoms with Crippen LogP contribution >= 0.6 is 24.4 Å². The summed E-state index contributed by atoms with van der Waals surface area (Å²) in [5, 5.41) is 9.52. The maximum atomic E-state index is 12.8. The van der Waals surface area contributed by atoms with Crippen LogP contribution in [-0.4, -0.2) is 31.1 Å². The van der Waals surface area contributed by atoms with Gasteiger partial charge in [0.05, 0.1) is 16.4 Å². The Morgan fingerprint density at radius 3 is 2.37 bits per heavy atom. The van der Waals surface area contributed by atoms with Crippen LogP contribution in [0.4, 0.5) is 27.5 Å². The minimum absolute atomic E-state index is 0.162. The Hall–Kier alpha value is -3.20. The van der Waals surface area contributed by atoms with Crippen LogP contribution in [0.5, 0.6) is 0 Å². The van der Waals surface area contributed by atoms with Crippen LogP contribution < -0.4 is 25.2 Å². The third-order valence-corrected chi connectivity index (χ3v) is 6.52. The van der Waals surface area contributed by atoms with Crippen LogP contribution in [0.3, 0.4) is 0 Å². The van der Waals surface area contributed by atoms with Crippen molar-refractivity contribution in [2.24, 2.45) is 0 Å². The minimum Gasteiger partial charge on any atom is -0.362 e. The molecule has 182 valence electrons. The van der Waals surface area contributed by atoms with Gasteiger partial charge in [0.15, 0.2) is 0 Å². The number of halogens is 1. The fraction of sp³-hybridized carbons (Fsp3) is 0.231. The zero-order valence-electron chi connectivity index (χ0n) is 19.4. The average molecular weight is 510 g/mol. The first-order valence-electron chi connectivity index (χ1n) is 11.4. The highest BCUT2D eigenvalue weighted by molar-refractivity contribution is 7.82. The molecule has 7 nitrogen and oxygen atoms in total. The number of hydrogen-bond donors (Lipinski definition) is 4. The Morgan fingerprint density at radius 1 is 1.03 bits per heavy atom. The second-order valence-electron chi connectivity index (χ2n) is 8.40. The normalized spacial score (nSPS) is 14.9. The molecule has 0 bridgehead atoms. The summed E-state index contributed by atoms with van der Waals surface area (Å²) in [6.45, 7) is 4.06. The van der Waals surface area contributed by atoms with Crippen molar-refractivity contribution in [3.63, 3.8) is 0 Å². The highest BCUT2D eigenvalue weighted by atomic mass is 35.5. The predicted octanol–water partition coefficient (Wildman–Crippen LogP) is 5.55. The maximum absolute atomic E-state index is 12.8. The van der Waals surface area contributed by atoms with Crippen LogP contribution in [0.25, 0.3) is 0 Å². The second-order valence-corrected chi connectivity index (χ2v) is 9.20. The first kappa shape index (κ1) is 24.9. The number of urea groups is 1. The van der Waals surface area contributed by atoms with Crippen LogP contribution in [0, 0.1) is 0 Å². The molecule has 4 rings (SSSR count). The minimum atomic E-state index is -0.425. The molecule has 0 aliphatic carbocycles. The predicted molar refractivity (Wildman–Crippen MR) is 147 cm³/mol. The van der Waals surface area contributed by atoms with Crippen molar-refractivity contribution in [3.05, 3.63) is 83.4 Å². The molecule has 3 aromatic carbocycles. The van der Waals surface area contributed by atoms with Crippen LogP contribution in [0.2, 0.25) is 5.02 Å². The van der Waals surface area contributed by atoms with Crippen molar-refractivity contribution >= 4 is 59.1 Å². The van der Waals surface area contributed by atoms with E-state index in [4.69, 9.17) is 11.6 Å². The molecule has 1 aliphatic heterocycles. The quantitative estimate of drug-likeness (QED) is 0.315. The summed E-state index contributed by atoms with van der Waals surface area (Å²) in [7, 11) is 0. The summed E-state index contributed by atoms with van der Waals surface area (Å²) in [6, 6.07) is 22.6. The molecule has 3 amide bonds. The summed E-state index contributed by atoms with van der Waals surface area (Å²) >= 11 is 11.1. The number of amides is 3. The van der Waals surface area contributed by atoms with Gasteiger partial charge in [-0.25, -0.2) is 9.10 Å². The Bertz CT molecular complexity index is 1170. The van der Waals surface area contributed by atoms with E-state index in [2.05, 4.69) is 45.8 Å². The third-order valence-electron chi connectivity index (χ3n) is 5.80. The van der Waals surface area contributed by atoms with Crippen LogP contribution in [0.1, 0.15) is 18.9 Å². The zero-order valence-corrected chi connectivity index (χ0v) is 21.0. The van der Waals surface area contributed by atoms with Gasteiger partial charge in [-0.2, -0.15) is 0 Å². The number of carbonyl (C=O) groups excluding carboxylic acids is 2. The Morgan fingerprint density at radius 2 is 1.74 bits per heavy atom. The van der Waals surface area contributed by atoms with E-state index >= 15 is 0 Å². The van der Waals surface area contributed by atoms with E-state index in [1.54, 1.807) is 30.3 Å². The van der Waals surface area contributed by atoms with Gasteiger partial charge in [-0.3, -0.25) is 4.79 Å². The molecule has 3 N–H and O–H groups in total. The van der Waals surface area contributed by atoms with E-state index in [1.165, 1.54) is 16.8 Å². The van der Waals surface area contributed by atoms with Gasteiger partial charge in [0.1, 0.15) is 0 Å². The van der Waals surface area contributed by atoms with E-state index in [1.807, 2.05) is 30.3 Å². The molecule has 1 aliphatic rings. The number of benzene rings is 3. The summed E-state index contributed by atoms with van der Waals surface area (Å²) in [5.41, 5.74) is 3.91. The van der Waals surface area contributed by atoms with E-state index in [-0.39, 0.29) is 5.91 Å². The maximum Gasteiger partial charge on any atom is 0.336 e. The lowest BCUT2D eigenvalue weighted by molar-refractivity contribution is -0.114. The highest BCUT2D eigenvalue weighted by Crippen LogP contribution is 2.33. The Labute approximate surface area is 216 Å². The molecule has 1 unspecified atom stereocenters. The lowest BCUT2D eigenvalue weighted by atomic mass is 10.1. The monoisotopic (exact) mass is 509 g/mol. The molecule has 1 fully saturated rings. The van der Waals surface area contributed by atoms with Gasteiger partial charge in [0.2, 0.25) is 5.91 Å². The van der Waals surface area contributed by atoms with Gasteiger partial charge >= 0.3 is 6.03 Å². The van der Waals surface area contributed by atoms with E-state index in [9.17, 15) is 9.59 Å². The largest absolute Gasteiger partial charge is 0.362 e. The van der Waals surface area contributed by atoms with Crippen molar-refractivity contribution in [3.8, 4) is 0 Å². The molecule has 1 atom stereocenters. The lowest BCUT2D eigenvalue weighted by Crippen LogP contribution is -2.36. The number of carbonyl (C=O) groups is 2. The van der Waals surface area contributed by atoms with Crippen molar-refractivity contribution in [2.45, 2.75) is 25.9 Å². The molecule has 1 saturated heterocycles. The standard InChI is InChI=1S/C26H28ClN5O2S/c1-18(33)29-20-7-10-22(11-8-20)32(35)26(34)30-21-9-12-25(24(27)15-21)31(23-13-14-28-16-23)17-19-5-3-2-4-6-19/h2-12,15,23,28,35H,13-14,16-17H2,1H3,(H,29,33)(H,30,34). The first-order valence-corrected chi connectivity index (χ1v) is 12.2. The summed E-state index contributed by atoms with van der Waals surface area (Å²) in [6.07, 6.45) is 1.04. The van der Waals surface area contributed by atoms with E-state index in [0.717, 1.165) is 31.7 Å². The molecular weight excluding hydrogens is 482 g/mol. The number of nitrogens with zero attached hydrogens (tertiary/aromatic N) is 2. The molecule has 0 radical (unpaired) electrons. The van der Waals surface area contributed by atoms with Gasteiger partial charge in [-0.05, 0) is 61.0 Å². The lowest BCUT2D eigenvalue weighted by Gasteiger charge is -2.32. The number of anilines is 4. The van der Waals surface area contributed by atoms with Gasteiger partial charge in [-0.15, -0.1) is 0 Å². The molecule has 1 heterocycles. The third kappa shape index (κ3) is 6.48. The molecular formula is C26H28ClN5O2S. The van der Waals surface area contributed by atoms with Gasteiger partial charge in [-0.1, -0.05) is 54.7 Å². The number of thiol groups is 1. The molecule has 0 spiro atoms. The zero-order chi connectivity index (χ0) is 24.8. The van der Waals surface area contributed by atoms with Crippen molar-refractivity contribution < 1.29 is 9.59 Å². The Kier molecular flexibility index (Phi) is 8.17. The van der Waals surface area contributed by atoms with Crippen molar-refractivity contribution in [1.82, 2.24) is 5.32 Å². The SMILES string of the molecule is CC(=O)Nc1ccc(N(S)C(=O)Nc2ccc(N(Cc3ccccc3)C3CCNC3)c(Cl)c2)cc1. The van der Waals surface area contributed by atoms with Crippen LogP contribution in [-0.2, 0) is 11.3 Å². The smallest absolute Gasteiger partial charge is 0.336 e. The second kappa shape index (κ2) is 11.5. The fourth-order valence-electron chi connectivity index (χ4n) is 4.10. The Balaban J connectivity index is 1.47. The molecule has 9 heteroatoms. The summed E-state index contributed by atoms with van der Waals surface area (Å²) in [4.78, 5) is 26.3. The molecule has 3 aromatic rings.